The van der Waals surface area contributed by atoms with Gasteiger partial charge in [0, 0.05) is 18.9 Å². The van der Waals surface area contributed by atoms with Crippen LogP contribution < -0.4 is 5.43 Å². The fourth-order valence-corrected chi connectivity index (χ4v) is 2.48. The van der Waals surface area contributed by atoms with E-state index in [-0.39, 0.29) is 17.6 Å². The average Bonchev–Trinajstić information content (AvgIpc) is 2.58. The summed E-state index contributed by atoms with van der Waals surface area (Å²) in [5, 5.41) is 0.411. The largest absolute Gasteiger partial charge is 0.462 e. The van der Waals surface area contributed by atoms with E-state index in [0.29, 0.717) is 17.6 Å². The van der Waals surface area contributed by atoms with Crippen molar-refractivity contribution >= 4 is 17.0 Å². The normalized spacial score (nSPS) is 10.7. The molecule has 5 nitrogen and oxygen atoms in total. The molecule has 116 valence electrons. The monoisotopic (exact) mass is 308 g/mol. The molecule has 2 aromatic heterocycles. The lowest BCUT2D eigenvalue weighted by molar-refractivity contribution is 0.0524. The number of hydrogen-bond acceptors (Lipinski definition) is 4. The summed E-state index contributed by atoms with van der Waals surface area (Å²) in [6.45, 7) is 2.45. The third-order valence-corrected chi connectivity index (χ3v) is 3.52. The molecule has 0 aliphatic rings. The minimum atomic E-state index is -0.606. The SMILES string of the molecule is CCOC(=O)c1cn(Cc2ccccc2)c2ncccc2c1=O. The van der Waals surface area contributed by atoms with Crippen molar-refractivity contribution in [2.75, 3.05) is 6.61 Å². The van der Waals surface area contributed by atoms with E-state index in [9.17, 15) is 9.59 Å². The number of rotatable bonds is 4. The van der Waals surface area contributed by atoms with Crippen molar-refractivity contribution in [3.63, 3.8) is 0 Å². The Morgan fingerprint density at radius 1 is 1.17 bits per heavy atom. The van der Waals surface area contributed by atoms with Crippen LogP contribution in [0, 0.1) is 0 Å². The molecule has 0 aliphatic heterocycles. The van der Waals surface area contributed by atoms with Crippen LogP contribution in [0.15, 0.2) is 59.7 Å². The summed E-state index contributed by atoms with van der Waals surface area (Å²) in [6.07, 6.45) is 3.16. The summed E-state index contributed by atoms with van der Waals surface area (Å²) >= 11 is 0. The summed E-state index contributed by atoms with van der Waals surface area (Å²) in [5.74, 6) is -0.606. The van der Waals surface area contributed by atoms with Gasteiger partial charge in [0.05, 0.1) is 12.0 Å². The van der Waals surface area contributed by atoms with Gasteiger partial charge in [-0.25, -0.2) is 9.78 Å². The van der Waals surface area contributed by atoms with E-state index in [4.69, 9.17) is 4.74 Å². The lowest BCUT2D eigenvalue weighted by Crippen LogP contribution is -2.21. The van der Waals surface area contributed by atoms with E-state index in [1.165, 1.54) is 6.20 Å². The van der Waals surface area contributed by atoms with Crippen molar-refractivity contribution in [1.29, 1.82) is 0 Å². The highest BCUT2D eigenvalue weighted by atomic mass is 16.5. The summed E-state index contributed by atoms with van der Waals surface area (Å²) in [5.41, 5.74) is 1.28. The molecule has 0 saturated heterocycles. The van der Waals surface area contributed by atoms with Crippen LogP contribution in [0.4, 0.5) is 0 Å². The van der Waals surface area contributed by atoms with Crippen LogP contribution in [0.1, 0.15) is 22.8 Å². The Morgan fingerprint density at radius 2 is 1.96 bits per heavy atom. The maximum absolute atomic E-state index is 12.5. The quantitative estimate of drug-likeness (QED) is 0.695. The second-order valence-electron chi connectivity index (χ2n) is 5.08. The molecular formula is C18H16N2O3. The van der Waals surface area contributed by atoms with Crippen molar-refractivity contribution in [3.05, 3.63) is 76.2 Å². The smallest absolute Gasteiger partial charge is 0.343 e. The fourth-order valence-electron chi connectivity index (χ4n) is 2.48. The molecule has 5 heteroatoms. The molecule has 0 saturated carbocycles. The summed E-state index contributed by atoms with van der Waals surface area (Å²) in [7, 11) is 0. The van der Waals surface area contributed by atoms with Crippen LogP contribution in [0.25, 0.3) is 11.0 Å². The van der Waals surface area contributed by atoms with Gasteiger partial charge in [-0.1, -0.05) is 30.3 Å². The van der Waals surface area contributed by atoms with Crippen molar-refractivity contribution in [3.8, 4) is 0 Å². The van der Waals surface area contributed by atoms with Crippen molar-refractivity contribution in [1.82, 2.24) is 9.55 Å². The maximum atomic E-state index is 12.5. The Morgan fingerprint density at radius 3 is 2.70 bits per heavy atom. The molecular weight excluding hydrogens is 292 g/mol. The minimum absolute atomic E-state index is 0.0308. The van der Waals surface area contributed by atoms with Crippen LogP contribution in [0.5, 0.6) is 0 Å². The van der Waals surface area contributed by atoms with Gasteiger partial charge in [0.25, 0.3) is 0 Å². The highest BCUT2D eigenvalue weighted by molar-refractivity contribution is 5.93. The topological polar surface area (TPSA) is 61.2 Å². The van der Waals surface area contributed by atoms with Gasteiger partial charge in [0.15, 0.2) is 0 Å². The zero-order valence-electron chi connectivity index (χ0n) is 12.7. The number of carbonyl (C=O) groups is 1. The molecule has 23 heavy (non-hydrogen) atoms. The molecule has 0 aliphatic carbocycles. The van der Waals surface area contributed by atoms with Crippen LogP contribution in [-0.2, 0) is 11.3 Å². The Bertz CT molecular complexity index is 901. The summed E-state index contributed by atoms with van der Waals surface area (Å²) in [6, 6.07) is 13.2. The number of ether oxygens (including phenoxy) is 1. The lowest BCUT2D eigenvalue weighted by atomic mass is 10.1. The van der Waals surface area contributed by atoms with Gasteiger partial charge in [0.2, 0.25) is 5.43 Å². The molecule has 0 unspecified atom stereocenters. The van der Waals surface area contributed by atoms with Crippen LogP contribution in [0.2, 0.25) is 0 Å². The first-order valence-corrected chi connectivity index (χ1v) is 7.40. The van der Waals surface area contributed by atoms with Gasteiger partial charge in [-0.3, -0.25) is 4.79 Å². The number of fused-ring (bicyclic) bond motifs is 1. The van der Waals surface area contributed by atoms with Crippen LogP contribution >= 0.6 is 0 Å². The molecule has 3 rings (SSSR count). The van der Waals surface area contributed by atoms with E-state index in [2.05, 4.69) is 4.98 Å². The number of esters is 1. The Kier molecular flexibility index (Phi) is 4.19. The number of benzene rings is 1. The third kappa shape index (κ3) is 2.99. The molecule has 3 aromatic rings. The molecule has 0 radical (unpaired) electrons. The first kappa shape index (κ1) is 15.0. The lowest BCUT2D eigenvalue weighted by Gasteiger charge is -2.12. The summed E-state index contributed by atoms with van der Waals surface area (Å²) in [4.78, 5) is 28.8. The van der Waals surface area contributed by atoms with Crippen LogP contribution in [0.3, 0.4) is 0 Å². The number of nitrogens with zero attached hydrogens (tertiary/aromatic N) is 2. The number of hydrogen-bond donors (Lipinski definition) is 0. The second kappa shape index (κ2) is 6.44. The van der Waals surface area contributed by atoms with E-state index in [1.807, 2.05) is 30.3 Å². The van der Waals surface area contributed by atoms with Gasteiger partial charge < -0.3 is 9.30 Å². The number of pyridine rings is 2. The van der Waals surface area contributed by atoms with Crippen molar-refractivity contribution < 1.29 is 9.53 Å². The zero-order valence-corrected chi connectivity index (χ0v) is 12.7. The summed E-state index contributed by atoms with van der Waals surface area (Å²) < 4.78 is 6.79. The van der Waals surface area contributed by atoms with Crippen molar-refractivity contribution in [2.45, 2.75) is 13.5 Å². The van der Waals surface area contributed by atoms with E-state index < -0.39 is 5.97 Å². The zero-order chi connectivity index (χ0) is 16.2. The van der Waals surface area contributed by atoms with Gasteiger partial charge in [0.1, 0.15) is 11.2 Å². The number of carbonyl (C=O) groups excluding carboxylic acids is 1. The number of aromatic nitrogens is 2. The highest BCUT2D eigenvalue weighted by Crippen LogP contribution is 2.12. The fraction of sp³-hybridized carbons (Fsp3) is 0.167. The van der Waals surface area contributed by atoms with E-state index in [1.54, 1.807) is 29.8 Å². The van der Waals surface area contributed by atoms with Gasteiger partial charge >= 0.3 is 5.97 Å². The van der Waals surface area contributed by atoms with Crippen molar-refractivity contribution in [2.24, 2.45) is 0 Å². The van der Waals surface area contributed by atoms with Crippen LogP contribution in [-0.4, -0.2) is 22.1 Å². The van der Waals surface area contributed by atoms with E-state index in [0.717, 1.165) is 5.56 Å². The Balaban J connectivity index is 2.17. The first-order valence-electron chi connectivity index (χ1n) is 7.40. The third-order valence-electron chi connectivity index (χ3n) is 3.52. The molecule has 2 heterocycles. The highest BCUT2D eigenvalue weighted by Gasteiger charge is 2.16. The molecule has 0 atom stereocenters. The molecule has 0 N–H and O–H groups in total. The standard InChI is InChI=1S/C18H16N2O3/c1-2-23-18(22)15-12-20(11-13-7-4-3-5-8-13)17-14(16(15)21)9-6-10-19-17/h3-10,12H,2,11H2,1H3. The molecule has 0 spiro atoms. The molecule has 0 bridgehead atoms. The maximum Gasteiger partial charge on any atom is 0.343 e. The predicted octanol–water partition coefficient (Wildman–Crippen LogP) is 2.62. The molecule has 1 aromatic carbocycles. The predicted molar refractivity (Wildman–Crippen MR) is 87.5 cm³/mol. The Hall–Kier alpha value is -2.95. The first-order chi connectivity index (χ1) is 11.2. The molecule has 0 amide bonds. The average molecular weight is 308 g/mol. The second-order valence-corrected chi connectivity index (χ2v) is 5.08. The van der Waals surface area contributed by atoms with Gasteiger partial charge in [-0.15, -0.1) is 0 Å². The van der Waals surface area contributed by atoms with Gasteiger partial charge in [-0.2, -0.15) is 0 Å². The molecule has 0 fully saturated rings. The minimum Gasteiger partial charge on any atom is -0.462 e. The van der Waals surface area contributed by atoms with Gasteiger partial charge in [-0.05, 0) is 24.6 Å². The Labute approximate surface area is 133 Å². The van der Waals surface area contributed by atoms with E-state index >= 15 is 0 Å².